The summed E-state index contributed by atoms with van der Waals surface area (Å²) < 4.78 is 3.71. The Labute approximate surface area is 127 Å². The van der Waals surface area contributed by atoms with Gasteiger partial charge in [0.05, 0.1) is 29.2 Å². The van der Waals surface area contributed by atoms with Crippen LogP contribution >= 0.6 is 11.6 Å². The Kier molecular flexibility index (Phi) is 4.17. The van der Waals surface area contributed by atoms with E-state index in [0.717, 1.165) is 36.5 Å². The third kappa shape index (κ3) is 3.40. The molecule has 3 heterocycles. The molecule has 0 spiro atoms. The number of nitrogens with one attached hydrogen (secondary N) is 1. The molecule has 0 bridgehead atoms. The third-order valence-corrected chi connectivity index (χ3v) is 3.33. The molecular formula is C14H17ClN6. The summed E-state index contributed by atoms with van der Waals surface area (Å²) in [6.07, 6.45) is 6.85. The first-order chi connectivity index (χ1) is 10.2. The van der Waals surface area contributed by atoms with Crippen molar-refractivity contribution in [2.75, 3.05) is 6.54 Å². The van der Waals surface area contributed by atoms with Crippen molar-refractivity contribution in [2.45, 2.75) is 26.4 Å². The summed E-state index contributed by atoms with van der Waals surface area (Å²) in [5.41, 5.74) is 2.74. The predicted octanol–water partition coefficient (Wildman–Crippen LogP) is 2.13. The molecule has 21 heavy (non-hydrogen) atoms. The quantitative estimate of drug-likeness (QED) is 0.709. The van der Waals surface area contributed by atoms with Crippen molar-refractivity contribution in [2.24, 2.45) is 0 Å². The maximum atomic E-state index is 5.97. The maximum Gasteiger partial charge on any atom is 0.137 e. The second-order valence-electron chi connectivity index (χ2n) is 4.93. The fourth-order valence-corrected chi connectivity index (χ4v) is 2.32. The predicted molar refractivity (Wildman–Crippen MR) is 81.3 cm³/mol. The molecule has 6 nitrogen and oxygen atoms in total. The van der Waals surface area contributed by atoms with Crippen molar-refractivity contribution in [1.82, 2.24) is 29.7 Å². The van der Waals surface area contributed by atoms with Gasteiger partial charge >= 0.3 is 0 Å². The molecule has 0 aliphatic heterocycles. The molecule has 0 aliphatic carbocycles. The summed E-state index contributed by atoms with van der Waals surface area (Å²) in [4.78, 5) is 4.53. The van der Waals surface area contributed by atoms with Gasteiger partial charge in [-0.05, 0) is 25.1 Å². The topological polar surface area (TPSA) is 60.0 Å². The van der Waals surface area contributed by atoms with Crippen LogP contribution in [0.25, 0.3) is 5.65 Å². The average molecular weight is 305 g/mol. The van der Waals surface area contributed by atoms with Crippen molar-refractivity contribution in [1.29, 1.82) is 0 Å². The van der Waals surface area contributed by atoms with Crippen LogP contribution in [0.4, 0.5) is 0 Å². The Hall–Kier alpha value is -1.92. The van der Waals surface area contributed by atoms with Crippen LogP contribution in [0, 0.1) is 0 Å². The lowest BCUT2D eigenvalue weighted by atomic mass is 10.4. The Morgan fingerprint density at radius 1 is 1.19 bits per heavy atom. The summed E-state index contributed by atoms with van der Waals surface area (Å²) in [5, 5.41) is 12.3. The van der Waals surface area contributed by atoms with Crippen molar-refractivity contribution in [3.63, 3.8) is 0 Å². The van der Waals surface area contributed by atoms with E-state index in [1.807, 2.05) is 35.1 Å². The summed E-state index contributed by atoms with van der Waals surface area (Å²) in [5.74, 6) is 0. The fraction of sp³-hybridized carbons (Fsp3) is 0.357. The van der Waals surface area contributed by atoms with Gasteiger partial charge in [0.2, 0.25) is 0 Å². The van der Waals surface area contributed by atoms with E-state index >= 15 is 0 Å². The second kappa shape index (κ2) is 6.24. The van der Waals surface area contributed by atoms with Gasteiger partial charge in [0.1, 0.15) is 5.65 Å². The SMILES string of the molecule is CCCNCc1cn(Cc2cn3cc(Cl)ccc3n2)nn1. The molecule has 3 rings (SSSR count). The Bertz CT molecular complexity index is 732. The van der Waals surface area contributed by atoms with Crippen LogP contribution < -0.4 is 5.32 Å². The molecule has 0 atom stereocenters. The van der Waals surface area contributed by atoms with Crippen LogP contribution in [0.1, 0.15) is 24.7 Å². The number of rotatable bonds is 6. The summed E-state index contributed by atoms with van der Waals surface area (Å²) in [6.45, 7) is 4.47. The van der Waals surface area contributed by atoms with Gasteiger partial charge in [0.25, 0.3) is 0 Å². The van der Waals surface area contributed by atoms with Crippen LogP contribution in [-0.4, -0.2) is 30.9 Å². The number of halogens is 1. The third-order valence-electron chi connectivity index (χ3n) is 3.11. The number of nitrogens with zero attached hydrogens (tertiary/aromatic N) is 5. The van der Waals surface area contributed by atoms with Crippen molar-refractivity contribution >= 4 is 17.2 Å². The van der Waals surface area contributed by atoms with Crippen LogP contribution in [0.5, 0.6) is 0 Å². The highest BCUT2D eigenvalue weighted by Crippen LogP contribution is 2.12. The van der Waals surface area contributed by atoms with Gasteiger partial charge in [-0.1, -0.05) is 23.7 Å². The lowest BCUT2D eigenvalue weighted by Crippen LogP contribution is -2.13. The van der Waals surface area contributed by atoms with Crippen LogP contribution in [0.15, 0.2) is 30.7 Å². The molecule has 0 saturated heterocycles. The van der Waals surface area contributed by atoms with Crippen LogP contribution in [-0.2, 0) is 13.1 Å². The maximum absolute atomic E-state index is 5.97. The van der Waals surface area contributed by atoms with E-state index in [4.69, 9.17) is 11.6 Å². The molecule has 0 saturated carbocycles. The number of hydrogen-bond donors (Lipinski definition) is 1. The molecule has 0 radical (unpaired) electrons. The zero-order valence-corrected chi connectivity index (χ0v) is 12.6. The van der Waals surface area contributed by atoms with Crippen molar-refractivity contribution in [3.05, 3.63) is 47.1 Å². The second-order valence-corrected chi connectivity index (χ2v) is 5.37. The average Bonchev–Trinajstić information content (AvgIpc) is 3.05. The highest BCUT2D eigenvalue weighted by molar-refractivity contribution is 6.30. The van der Waals surface area contributed by atoms with Gasteiger partial charge in [0.15, 0.2) is 0 Å². The van der Waals surface area contributed by atoms with E-state index in [2.05, 4.69) is 27.5 Å². The molecule has 7 heteroatoms. The number of hydrogen-bond acceptors (Lipinski definition) is 4. The zero-order chi connectivity index (χ0) is 14.7. The van der Waals surface area contributed by atoms with Gasteiger partial charge in [-0.25, -0.2) is 9.67 Å². The fourth-order valence-electron chi connectivity index (χ4n) is 2.15. The van der Waals surface area contributed by atoms with Crippen molar-refractivity contribution < 1.29 is 0 Å². The highest BCUT2D eigenvalue weighted by atomic mass is 35.5. The van der Waals surface area contributed by atoms with Gasteiger partial charge in [-0.15, -0.1) is 5.10 Å². The minimum Gasteiger partial charge on any atom is -0.311 e. The summed E-state index contributed by atoms with van der Waals surface area (Å²) in [6, 6.07) is 3.73. The van der Waals surface area contributed by atoms with E-state index < -0.39 is 0 Å². The molecule has 0 fully saturated rings. The number of aromatic nitrogens is 5. The molecule has 3 aromatic heterocycles. The minimum absolute atomic E-state index is 0.597. The largest absolute Gasteiger partial charge is 0.311 e. The van der Waals surface area contributed by atoms with Gasteiger partial charge in [-0.3, -0.25) is 0 Å². The summed E-state index contributed by atoms with van der Waals surface area (Å²) >= 11 is 5.97. The first-order valence-electron chi connectivity index (χ1n) is 6.97. The first-order valence-corrected chi connectivity index (χ1v) is 7.35. The van der Waals surface area contributed by atoms with Gasteiger partial charge in [-0.2, -0.15) is 0 Å². The first kappa shape index (κ1) is 14.0. The molecule has 0 aromatic carbocycles. The molecule has 0 amide bonds. The van der Waals surface area contributed by atoms with E-state index in [1.54, 1.807) is 4.68 Å². The van der Waals surface area contributed by atoms with Crippen LogP contribution in [0.2, 0.25) is 5.02 Å². The smallest absolute Gasteiger partial charge is 0.137 e. The summed E-state index contributed by atoms with van der Waals surface area (Å²) in [7, 11) is 0. The highest BCUT2D eigenvalue weighted by Gasteiger charge is 2.05. The molecule has 3 aromatic rings. The lowest BCUT2D eigenvalue weighted by molar-refractivity contribution is 0.638. The zero-order valence-electron chi connectivity index (χ0n) is 11.8. The van der Waals surface area contributed by atoms with Gasteiger partial charge < -0.3 is 9.72 Å². The van der Waals surface area contributed by atoms with E-state index in [9.17, 15) is 0 Å². The standard InChI is InChI=1S/C14H17ClN6/c1-2-5-16-6-12-9-21(19-18-12)10-13-8-20-7-11(15)3-4-14(20)17-13/h3-4,7-9,16H,2,5-6,10H2,1H3. The van der Waals surface area contributed by atoms with E-state index in [0.29, 0.717) is 11.6 Å². The number of fused-ring (bicyclic) bond motifs is 1. The Morgan fingerprint density at radius 2 is 2.10 bits per heavy atom. The van der Waals surface area contributed by atoms with Crippen molar-refractivity contribution in [3.8, 4) is 0 Å². The minimum atomic E-state index is 0.597. The van der Waals surface area contributed by atoms with Crippen LogP contribution in [0.3, 0.4) is 0 Å². The number of pyridine rings is 1. The van der Waals surface area contributed by atoms with E-state index in [1.165, 1.54) is 0 Å². The normalized spacial score (nSPS) is 11.3. The van der Waals surface area contributed by atoms with Gasteiger partial charge in [0, 0.05) is 18.9 Å². The van der Waals surface area contributed by atoms with E-state index in [-0.39, 0.29) is 0 Å². The molecule has 0 aliphatic rings. The lowest BCUT2D eigenvalue weighted by Gasteiger charge is -1.97. The molecule has 1 N–H and O–H groups in total. The Balaban J connectivity index is 1.70. The monoisotopic (exact) mass is 304 g/mol. The molecular weight excluding hydrogens is 288 g/mol. The number of imidazole rings is 1. The Morgan fingerprint density at radius 3 is 2.95 bits per heavy atom. The molecule has 0 unspecified atom stereocenters. The molecule has 110 valence electrons.